The number of nitrogens with zero attached hydrogens (tertiary/aromatic N) is 1. The topological polar surface area (TPSA) is 12.4 Å². The first-order valence-corrected chi connectivity index (χ1v) is 5.01. The van der Waals surface area contributed by atoms with Crippen molar-refractivity contribution in [1.29, 1.82) is 0 Å². The quantitative estimate of drug-likeness (QED) is 0.592. The summed E-state index contributed by atoms with van der Waals surface area (Å²) in [6, 6.07) is 0. The Hall–Kier alpha value is -0.660. The molecule has 0 aromatic rings. The van der Waals surface area contributed by atoms with Crippen LogP contribution in [0.4, 0.5) is 4.39 Å². The van der Waals surface area contributed by atoms with E-state index in [-0.39, 0.29) is 5.92 Å². The summed E-state index contributed by atoms with van der Waals surface area (Å²) in [7, 11) is 0. The van der Waals surface area contributed by atoms with E-state index in [4.69, 9.17) is 0 Å². The summed E-state index contributed by atoms with van der Waals surface area (Å²) in [6.07, 6.45) is 3.96. The fourth-order valence-corrected chi connectivity index (χ4v) is 1.59. The Balaban J connectivity index is 2.82. The van der Waals surface area contributed by atoms with Gasteiger partial charge in [0.15, 0.2) is 0 Å². The van der Waals surface area contributed by atoms with Crippen molar-refractivity contribution in [3.05, 3.63) is 12.2 Å². The zero-order valence-electron chi connectivity index (χ0n) is 8.63. The maximum Gasteiger partial charge on any atom is 0.144 e. The molecule has 0 saturated heterocycles. The van der Waals surface area contributed by atoms with Crippen LogP contribution in [0.5, 0.6) is 0 Å². The molecular weight excluding hydrogens is 165 g/mol. The van der Waals surface area contributed by atoms with E-state index in [1.165, 1.54) is 0 Å². The molecule has 1 nitrogen and oxygen atoms in total. The van der Waals surface area contributed by atoms with Crippen LogP contribution in [0.25, 0.3) is 0 Å². The second-order valence-corrected chi connectivity index (χ2v) is 3.78. The zero-order chi connectivity index (χ0) is 9.84. The Bertz CT molecular complexity index is 220. The molecule has 0 amide bonds. The lowest BCUT2D eigenvalue weighted by atomic mass is 9.89. The maximum absolute atomic E-state index is 13.8. The number of rotatable bonds is 1. The summed E-state index contributed by atoms with van der Waals surface area (Å²) in [4.78, 5) is 4.16. The SMILES string of the molecule is CC/N=C1/C=CC[C@H](C)C(C)C1F. The third-order valence-corrected chi connectivity index (χ3v) is 2.78. The largest absolute Gasteiger partial charge is 0.287 e. The van der Waals surface area contributed by atoms with Gasteiger partial charge in [0.1, 0.15) is 6.17 Å². The molecule has 0 radical (unpaired) electrons. The highest BCUT2D eigenvalue weighted by atomic mass is 19.1. The van der Waals surface area contributed by atoms with Gasteiger partial charge in [0.25, 0.3) is 0 Å². The Labute approximate surface area is 79.8 Å². The smallest absolute Gasteiger partial charge is 0.144 e. The van der Waals surface area contributed by atoms with Gasteiger partial charge in [-0.3, -0.25) is 4.99 Å². The van der Waals surface area contributed by atoms with Crippen LogP contribution in [0.15, 0.2) is 17.1 Å². The monoisotopic (exact) mass is 183 g/mol. The molecule has 0 bridgehead atoms. The van der Waals surface area contributed by atoms with Gasteiger partial charge in [-0.1, -0.05) is 19.9 Å². The highest BCUT2D eigenvalue weighted by molar-refractivity contribution is 5.99. The van der Waals surface area contributed by atoms with Crippen molar-refractivity contribution in [3.63, 3.8) is 0 Å². The van der Waals surface area contributed by atoms with E-state index in [9.17, 15) is 4.39 Å². The molecule has 1 rings (SSSR count). The third-order valence-electron chi connectivity index (χ3n) is 2.78. The molecular formula is C11H18FN. The molecule has 13 heavy (non-hydrogen) atoms. The predicted molar refractivity (Wildman–Crippen MR) is 55.0 cm³/mol. The van der Waals surface area contributed by atoms with Crippen molar-refractivity contribution in [2.24, 2.45) is 16.8 Å². The van der Waals surface area contributed by atoms with Gasteiger partial charge >= 0.3 is 0 Å². The van der Waals surface area contributed by atoms with Crippen molar-refractivity contribution in [1.82, 2.24) is 0 Å². The van der Waals surface area contributed by atoms with Crippen LogP contribution >= 0.6 is 0 Å². The van der Waals surface area contributed by atoms with Gasteiger partial charge in [0.2, 0.25) is 0 Å². The maximum atomic E-state index is 13.8. The van der Waals surface area contributed by atoms with Crippen LogP contribution in [0, 0.1) is 11.8 Å². The van der Waals surface area contributed by atoms with Gasteiger partial charge in [0, 0.05) is 6.54 Å². The number of hydrogen-bond donors (Lipinski definition) is 0. The molecule has 0 aliphatic heterocycles. The molecule has 2 heteroatoms. The summed E-state index contributed by atoms with van der Waals surface area (Å²) < 4.78 is 13.8. The Morgan fingerprint density at radius 1 is 1.54 bits per heavy atom. The fraction of sp³-hybridized carbons (Fsp3) is 0.727. The number of halogens is 1. The Morgan fingerprint density at radius 3 is 2.85 bits per heavy atom. The molecule has 0 saturated carbocycles. The first-order valence-electron chi connectivity index (χ1n) is 5.01. The van der Waals surface area contributed by atoms with Crippen LogP contribution in [-0.2, 0) is 0 Å². The predicted octanol–water partition coefficient (Wildman–Crippen LogP) is 3.02. The summed E-state index contributed by atoms with van der Waals surface area (Å²) >= 11 is 0. The van der Waals surface area contributed by atoms with Crippen LogP contribution in [0.3, 0.4) is 0 Å². The van der Waals surface area contributed by atoms with Gasteiger partial charge in [-0.25, -0.2) is 4.39 Å². The normalized spacial score (nSPS) is 37.8. The minimum Gasteiger partial charge on any atom is -0.287 e. The van der Waals surface area contributed by atoms with Crippen molar-refractivity contribution >= 4 is 5.71 Å². The molecule has 0 fully saturated rings. The molecule has 74 valence electrons. The average molecular weight is 183 g/mol. The molecule has 0 aromatic carbocycles. The van der Waals surface area contributed by atoms with Crippen molar-refractivity contribution in [3.8, 4) is 0 Å². The minimum absolute atomic E-state index is 0.0836. The number of allylic oxidation sites excluding steroid dienone is 2. The lowest BCUT2D eigenvalue weighted by Crippen LogP contribution is -2.25. The summed E-state index contributed by atoms with van der Waals surface area (Å²) in [5.41, 5.74) is 0.624. The van der Waals surface area contributed by atoms with Gasteiger partial charge < -0.3 is 0 Å². The van der Waals surface area contributed by atoms with Crippen molar-refractivity contribution in [2.45, 2.75) is 33.4 Å². The van der Waals surface area contributed by atoms with Gasteiger partial charge in [0.05, 0.1) is 5.71 Å². The first kappa shape index (κ1) is 10.4. The highest BCUT2D eigenvalue weighted by Crippen LogP contribution is 2.25. The van der Waals surface area contributed by atoms with Crippen LogP contribution in [0.1, 0.15) is 27.2 Å². The van der Waals surface area contributed by atoms with E-state index in [0.717, 1.165) is 6.42 Å². The van der Waals surface area contributed by atoms with Crippen LogP contribution in [0.2, 0.25) is 0 Å². The third kappa shape index (κ3) is 2.39. The molecule has 0 N–H and O–H groups in total. The van der Waals surface area contributed by atoms with E-state index in [0.29, 0.717) is 18.2 Å². The molecule has 1 aliphatic rings. The van der Waals surface area contributed by atoms with Crippen molar-refractivity contribution < 1.29 is 4.39 Å². The molecule has 0 aromatic heterocycles. The zero-order valence-corrected chi connectivity index (χ0v) is 8.63. The van der Waals surface area contributed by atoms with Crippen LogP contribution in [-0.4, -0.2) is 18.4 Å². The number of aliphatic imine (C=N–C) groups is 1. The fourth-order valence-electron chi connectivity index (χ4n) is 1.59. The van der Waals surface area contributed by atoms with Gasteiger partial charge in [-0.05, 0) is 31.3 Å². The number of alkyl halides is 1. The van der Waals surface area contributed by atoms with Gasteiger partial charge in [-0.15, -0.1) is 0 Å². The van der Waals surface area contributed by atoms with E-state index < -0.39 is 6.17 Å². The minimum atomic E-state index is -0.881. The van der Waals surface area contributed by atoms with E-state index in [1.807, 2.05) is 26.0 Å². The van der Waals surface area contributed by atoms with Crippen LogP contribution < -0.4 is 0 Å². The van der Waals surface area contributed by atoms with Gasteiger partial charge in [-0.2, -0.15) is 0 Å². The Kier molecular flexibility index (Phi) is 3.64. The van der Waals surface area contributed by atoms with E-state index in [1.54, 1.807) is 0 Å². The summed E-state index contributed by atoms with van der Waals surface area (Å²) in [5, 5.41) is 0. The molecule has 3 atom stereocenters. The average Bonchev–Trinajstić information content (AvgIpc) is 2.22. The van der Waals surface area contributed by atoms with E-state index in [2.05, 4.69) is 11.9 Å². The second kappa shape index (κ2) is 4.54. The number of hydrogen-bond acceptors (Lipinski definition) is 1. The molecule has 1 aliphatic carbocycles. The second-order valence-electron chi connectivity index (χ2n) is 3.78. The molecule has 0 heterocycles. The lowest BCUT2D eigenvalue weighted by molar-refractivity contribution is 0.252. The van der Waals surface area contributed by atoms with E-state index >= 15 is 0 Å². The lowest BCUT2D eigenvalue weighted by Gasteiger charge is -2.20. The molecule has 0 spiro atoms. The highest BCUT2D eigenvalue weighted by Gasteiger charge is 2.26. The summed E-state index contributed by atoms with van der Waals surface area (Å²) in [6.45, 7) is 6.66. The van der Waals surface area contributed by atoms with Crippen molar-refractivity contribution in [2.75, 3.05) is 6.54 Å². The first-order chi connectivity index (χ1) is 6.16. The standard InChI is InChI=1S/C11H18FN/c1-4-13-10-7-5-6-8(2)9(3)11(10)12/h5,7-9,11H,4,6H2,1-3H3/b13-10-/t8-,9?,11?/m0/s1. The Morgan fingerprint density at radius 2 is 2.23 bits per heavy atom. The summed E-state index contributed by atoms with van der Waals surface area (Å²) in [5.74, 6) is 0.496. The molecule has 2 unspecified atom stereocenters.